The second-order valence-electron chi connectivity index (χ2n) is 11.1. The van der Waals surface area contributed by atoms with Crippen LogP contribution in [0.1, 0.15) is 54.9 Å². The maximum Gasteiger partial charge on any atom is 0.303 e. The summed E-state index contributed by atoms with van der Waals surface area (Å²) in [5.41, 5.74) is 4.80. The lowest BCUT2D eigenvalue weighted by atomic mass is 10.0. The minimum absolute atomic E-state index is 0.115. The number of benzene rings is 2. The minimum atomic E-state index is -0.814. The Balaban J connectivity index is 1.42. The van der Waals surface area contributed by atoms with E-state index in [0.717, 1.165) is 57.2 Å². The lowest BCUT2D eigenvalue weighted by Gasteiger charge is -2.16. The van der Waals surface area contributed by atoms with Gasteiger partial charge in [-0.1, -0.05) is 72.9 Å². The molecule has 0 bridgehead atoms. The summed E-state index contributed by atoms with van der Waals surface area (Å²) in [4.78, 5) is 19.8. The van der Waals surface area contributed by atoms with Gasteiger partial charge in [-0.25, -0.2) is 0 Å². The average molecular weight is 777 g/mol. The fraction of sp³-hybridized carbons (Fsp3) is 0.361. The monoisotopic (exact) mass is 774 g/mol. The van der Waals surface area contributed by atoms with E-state index in [1.165, 1.54) is 0 Å². The molecule has 0 aliphatic rings. The van der Waals surface area contributed by atoms with Crippen molar-refractivity contribution < 1.29 is 28.8 Å². The van der Waals surface area contributed by atoms with Crippen LogP contribution in [-0.2, 0) is 31.1 Å². The number of methoxy groups -OCH3 is 2. The Kier molecular flexibility index (Phi) is 15.2. The molecule has 0 unspecified atom stereocenters. The molecule has 4 aromatic rings. The maximum absolute atomic E-state index is 10.7. The molecule has 262 valence electrons. The maximum atomic E-state index is 10.7. The van der Waals surface area contributed by atoms with Gasteiger partial charge in [0.15, 0.2) is 0 Å². The van der Waals surface area contributed by atoms with Gasteiger partial charge in [-0.3, -0.25) is 4.79 Å². The normalized spacial score (nSPS) is 11.0. The van der Waals surface area contributed by atoms with E-state index in [4.69, 9.17) is 47.3 Å². The smallest absolute Gasteiger partial charge is 0.303 e. The van der Waals surface area contributed by atoms with E-state index in [1.807, 2.05) is 48.5 Å². The van der Waals surface area contributed by atoms with E-state index in [1.54, 1.807) is 20.3 Å². The number of carbonyl (C=O) groups is 1. The zero-order valence-corrected chi connectivity index (χ0v) is 30.9. The van der Waals surface area contributed by atoms with E-state index in [-0.39, 0.29) is 19.6 Å². The molecule has 0 aliphatic heterocycles. The van der Waals surface area contributed by atoms with Crippen molar-refractivity contribution in [3.05, 3.63) is 91.4 Å². The number of carboxylic acid groups (broad SMARTS) is 1. The van der Waals surface area contributed by atoms with E-state index < -0.39 is 5.97 Å². The lowest BCUT2D eigenvalue weighted by molar-refractivity contribution is -0.137. The molecule has 0 radical (unpaired) electrons. The molecule has 49 heavy (non-hydrogen) atoms. The number of nitrogens with one attached hydrogen (secondary N) is 2. The van der Waals surface area contributed by atoms with Crippen molar-refractivity contribution in [2.45, 2.75) is 58.9 Å². The number of pyridine rings is 2. The Morgan fingerprint density at radius 1 is 0.776 bits per heavy atom. The summed E-state index contributed by atoms with van der Waals surface area (Å²) in [6, 6.07) is 17.0. The molecular formula is C36H41BrCl2N4O6. The molecule has 0 spiro atoms. The fourth-order valence-electron chi connectivity index (χ4n) is 4.95. The van der Waals surface area contributed by atoms with Gasteiger partial charge in [-0.15, -0.1) is 0 Å². The van der Waals surface area contributed by atoms with E-state index in [0.29, 0.717) is 59.6 Å². The molecule has 4 rings (SSSR count). The van der Waals surface area contributed by atoms with Crippen molar-refractivity contribution in [2.24, 2.45) is 0 Å². The van der Waals surface area contributed by atoms with Crippen molar-refractivity contribution in [1.82, 2.24) is 20.6 Å². The number of rotatable bonds is 20. The summed E-state index contributed by atoms with van der Waals surface area (Å²) in [5, 5.41) is 16.4. The number of nitrogens with zero attached hydrogens (tertiary/aromatic N) is 2. The summed E-state index contributed by atoms with van der Waals surface area (Å²) >= 11 is 17.5. The fourth-order valence-corrected chi connectivity index (χ4v) is 6.00. The van der Waals surface area contributed by atoms with Crippen LogP contribution >= 0.6 is 39.1 Å². The summed E-state index contributed by atoms with van der Waals surface area (Å²) in [5.74, 6) is 0.885. The third kappa shape index (κ3) is 10.9. The van der Waals surface area contributed by atoms with Crippen molar-refractivity contribution in [3.8, 4) is 34.6 Å². The van der Waals surface area contributed by atoms with Crippen LogP contribution in [0.25, 0.3) is 11.1 Å². The SMILES string of the molecule is CCCCNCc1cc(Br)c(OCc2cccc(-c3cccc(COc4ccc(CNCCCC(=O)O)c(OC)n4)c3Cl)c2Cl)nc1OC. The molecule has 2 aromatic heterocycles. The summed E-state index contributed by atoms with van der Waals surface area (Å²) in [7, 11) is 3.14. The van der Waals surface area contributed by atoms with Gasteiger partial charge in [-0.2, -0.15) is 9.97 Å². The highest BCUT2D eigenvalue weighted by atomic mass is 79.9. The number of carboxylic acids is 1. The van der Waals surface area contributed by atoms with E-state index in [2.05, 4.69) is 43.5 Å². The number of unbranched alkanes of at least 4 members (excludes halogenated alkanes) is 1. The van der Waals surface area contributed by atoms with Crippen LogP contribution in [-0.4, -0.2) is 48.4 Å². The van der Waals surface area contributed by atoms with Gasteiger partial charge >= 0.3 is 5.97 Å². The molecule has 10 nitrogen and oxygen atoms in total. The molecule has 0 amide bonds. The van der Waals surface area contributed by atoms with Gasteiger partial charge in [-0.05, 0) is 54.0 Å². The number of aromatic nitrogens is 2. The Morgan fingerprint density at radius 2 is 1.37 bits per heavy atom. The van der Waals surface area contributed by atoms with Crippen LogP contribution in [0.15, 0.2) is 59.1 Å². The first kappa shape index (κ1) is 38.2. The van der Waals surface area contributed by atoms with E-state index in [9.17, 15) is 4.79 Å². The Hall–Kier alpha value is -3.61. The average Bonchev–Trinajstić information content (AvgIpc) is 3.10. The number of ether oxygens (including phenoxy) is 4. The predicted octanol–water partition coefficient (Wildman–Crippen LogP) is 8.23. The second-order valence-corrected chi connectivity index (χ2v) is 12.7. The number of halogens is 3. The molecule has 2 aromatic carbocycles. The largest absolute Gasteiger partial charge is 0.481 e. The van der Waals surface area contributed by atoms with Crippen LogP contribution in [0.3, 0.4) is 0 Å². The van der Waals surface area contributed by atoms with Gasteiger partial charge < -0.3 is 34.7 Å². The van der Waals surface area contributed by atoms with Crippen molar-refractivity contribution >= 4 is 45.1 Å². The van der Waals surface area contributed by atoms with Crippen LogP contribution in [0.5, 0.6) is 23.5 Å². The number of aliphatic carboxylic acids is 1. The minimum Gasteiger partial charge on any atom is -0.481 e. The molecule has 13 heteroatoms. The second kappa shape index (κ2) is 19.5. The highest BCUT2D eigenvalue weighted by molar-refractivity contribution is 9.10. The summed E-state index contributed by atoms with van der Waals surface area (Å²) < 4.78 is 23.8. The number of hydrogen-bond donors (Lipinski definition) is 3. The molecular weight excluding hydrogens is 735 g/mol. The first-order valence-corrected chi connectivity index (χ1v) is 17.5. The van der Waals surface area contributed by atoms with Crippen molar-refractivity contribution in [2.75, 3.05) is 27.3 Å². The topological polar surface area (TPSA) is 124 Å². The summed E-state index contributed by atoms with van der Waals surface area (Å²) in [6.45, 7) is 5.12. The van der Waals surface area contributed by atoms with Crippen molar-refractivity contribution in [1.29, 1.82) is 0 Å². The standard InChI is InChI=1S/C36H41BrCl2N4O6/c1-4-5-16-40-20-26-18-29(37)36(43-35(26)47-3)49-22-25-10-7-12-28(33(25)39)27-11-6-9-24(32(27)38)21-48-30-15-14-23(34(42-30)46-2)19-41-17-8-13-31(44)45/h6-7,9-12,14-15,18,40-41H,4-5,8,13,16-17,19-22H2,1-3H3,(H,44,45). The van der Waals surface area contributed by atoms with Crippen LogP contribution < -0.4 is 29.6 Å². The highest BCUT2D eigenvalue weighted by Crippen LogP contribution is 2.38. The molecule has 0 aliphatic carbocycles. The Morgan fingerprint density at radius 3 is 1.98 bits per heavy atom. The van der Waals surface area contributed by atoms with Gasteiger partial charge in [0.2, 0.25) is 23.5 Å². The van der Waals surface area contributed by atoms with Crippen molar-refractivity contribution in [3.63, 3.8) is 0 Å². The van der Waals surface area contributed by atoms with Gasteiger partial charge in [0, 0.05) is 59.0 Å². The van der Waals surface area contributed by atoms with Gasteiger partial charge in [0.1, 0.15) is 13.2 Å². The van der Waals surface area contributed by atoms with Crippen LogP contribution in [0.4, 0.5) is 0 Å². The molecule has 0 fully saturated rings. The molecule has 0 saturated carbocycles. The highest BCUT2D eigenvalue weighted by Gasteiger charge is 2.17. The zero-order chi connectivity index (χ0) is 35.2. The third-order valence-electron chi connectivity index (χ3n) is 7.55. The molecule has 0 saturated heterocycles. The van der Waals surface area contributed by atoms with E-state index >= 15 is 0 Å². The number of hydrogen-bond acceptors (Lipinski definition) is 9. The lowest BCUT2D eigenvalue weighted by Crippen LogP contribution is -2.16. The predicted molar refractivity (Wildman–Crippen MR) is 195 cm³/mol. The first-order chi connectivity index (χ1) is 23.7. The van der Waals surface area contributed by atoms with Crippen LogP contribution in [0.2, 0.25) is 10.0 Å². The Bertz CT molecular complexity index is 1710. The van der Waals surface area contributed by atoms with Gasteiger partial charge in [0.25, 0.3) is 0 Å². The van der Waals surface area contributed by atoms with Gasteiger partial charge in [0.05, 0.1) is 28.7 Å². The Labute approximate surface area is 305 Å². The zero-order valence-electron chi connectivity index (χ0n) is 27.8. The molecule has 2 heterocycles. The quantitative estimate of drug-likeness (QED) is 0.0757. The summed E-state index contributed by atoms with van der Waals surface area (Å²) in [6.07, 6.45) is 2.87. The molecule has 0 atom stereocenters. The first-order valence-electron chi connectivity index (χ1n) is 16.0. The third-order valence-corrected chi connectivity index (χ3v) is 9.01. The molecule has 3 N–H and O–H groups in total. The van der Waals surface area contributed by atoms with Crippen LogP contribution in [0, 0.1) is 0 Å².